The zero-order valence-corrected chi connectivity index (χ0v) is 20.7. The van der Waals surface area contributed by atoms with Gasteiger partial charge in [0.1, 0.15) is 22.2 Å². The highest BCUT2D eigenvalue weighted by Crippen LogP contribution is 2.32. The van der Waals surface area contributed by atoms with Crippen molar-refractivity contribution in [1.29, 1.82) is 0 Å². The topological polar surface area (TPSA) is 145 Å². The first-order chi connectivity index (χ1) is 16.4. The standard InChI is InChI=1S/C24H28FN5O4S/c1-5-24(3,4)28-22(32)19(16-11-10-13(2)34-16)30(12-14-8-6-7-9-15(14)25)23(33)20-17(26)18(21(27)31)29-35-20/h6-11,19H,5,12,26H2,1-4H3,(H2,27,31)(H,28,32)/t19-/m0/s1. The molecule has 0 aliphatic heterocycles. The number of amides is 3. The molecule has 5 N–H and O–H groups in total. The van der Waals surface area contributed by atoms with Crippen molar-refractivity contribution >= 4 is 34.9 Å². The van der Waals surface area contributed by atoms with Gasteiger partial charge in [0, 0.05) is 11.1 Å². The lowest BCUT2D eigenvalue weighted by Gasteiger charge is -2.33. The Hall–Kier alpha value is -3.73. The molecule has 1 aromatic carbocycles. The third kappa shape index (κ3) is 5.68. The summed E-state index contributed by atoms with van der Waals surface area (Å²) in [5.74, 6) is -1.97. The number of nitrogens with one attached hydrogen (secondary N) is 1. The maximum atomic E-state index is 14.6. The van der Waals surface area contributed by atoms with E-state index < -0.39 is 35.1 Å². The van der Waals surface area contributed by atoms with E-state index >= 15 is 0 Å². The van der Waals surface area contributed by atoms with Crippen molar-refractivity contribution in [2.24, 2.45) is 5.73 Å². The van der Waals surface area contributed by atoms with Crippen molar-refractivity contribution in [3.05, 3.63) is 69.9 Å². The van der Waals surface area contributed by atoms with Crippen LogP contribution >= 0.6 is 11.5 Å². The van der Waals surface area contributed by atoms with Gasteiger partial charge in [-0.3, -0.25) is 14.4 Å². The highest BCUT2D eigenvalue weighted by molar-refractivity contribution is 7.09. The Morgan fingerprint density at radius 3 is 2.46 bits per heavy atom. The number of anilines is 1. The maximum absolute atomic E-state index is 14.6. The normalized spacial score (nSPS) is 12.3. The van der Waals surface area contributed by atoms with Crippen LogP contribution in [-0.4, -0.2) is 32.5 Å². The predicted octanol–water partition coefficient (Wildman–Crippen LogP) is 3.55. The molecule has 0 aliphatic rings. The third-order valence-electron chi connectivity index (χ3n) is 5.65. The summed E-state index contributed by atoms with van der Waals surface area (Å²) in [5.41, 5.74) is 10.5. The van der Waals surface area contributed by atoms with Crippen LogP contribution in [0.4, 0.5) is 10.1 Å². The largest absolute Gasteiger partial charge is 0.464 e. The van der Waals surface area contributed by atoms with Crippen LogP contribution in [-0.2, 0) is 11.3 Å². The molecule has 1 atom stereocenters. The summed E-state index contributed by atoms with van der Waals surface area (Å²) >= 11 is 0.680. The molecule has 11 heteroatoms. The summed E-state index contributed by atoms with van der Waals surface area (Å²) in [4.78, 5) is 40.1. The Balaban J connectivity index is 2.16. The van der Waals surface area contributed by atoms with Gasteiger partial charge in [0.2, 0.25) is 0 Å². The summed E-state index contributed by atoms with van der Waals surface area (Å²) in [6.45, 7) is 7.03. The summed E-state index contributed by atoms with van der Waals surface area (Å²) < 4.78 is 24.3. The molecule has 9 nitrogen and oxygen atoms in total. The monoisotopic (exact) mass is 501 g/mol. The molecule has 2 heterocycles. The number of nitrogens with zero attached hydrogens (tertiary/aromatic N) is 2. The minimum Gasteiger partial charge on any atom is -0.464 e. The van der Waals surface area contributed by atoms with Gasteiger partial charge in [-0.25, -0.2) is 4.39 Å². The van der Waals surface area contributed by atoms with Crippen molar-refractivity contribution in [1.82, 2.24) is 14.6 Å². The van der Waals surface area contributed by atoms with Crippen molar-refractivity contribution in [2.45, 2.75) is 52.2 Å². The number of hydrogen-bond acceptors (Lipinski definition) is 7. The number of nitrogens with two attached hydrogens (primary N) is 2. The van der Waals surface area contributed by atoms with E-state index in [4.69, 9.17) is 15.9 Å². The number of benzene rings is 1. The average molecular weight is 502 g/mol. The molecule has 186 valence electrons. The second kappa shape index (κ2) is 10.3. The van der Waals surface area contributed by atoms with Crippen molar-refractivity contribution in [3.63, 3.8) is 0 Å². The quantitative estimate of drug-likeness (QED) is 0.409. The van der Waals surface area contributed by atoms with E-state index in [2.05, 4.69) is 9.69 Å². The molecular formula is C24H28FN5O4S. The van der Waals surface area contributed by atoms with Crippen LogP contribution in [0.15, 0.2) is 40.8 Å². The Morgan fingerprint density at radius 2 is 1.91 bits per heavy atom. The number of furan rings is 1. The zero-order valence-electron chi connectivity index (χ0n) is 19.9. The lowest BCUT2D eigenvalue weighted by Crippen LogP contribution is -2.50. The molecule has 3 amide bonds. The number of primary amides is 1. The highest BCUT2D eigenvalue weighted by Gasteiger charge is 2.38. The molecule has 0 bridgehead atoms. The SMILES string of the molecule is CCC(C)(C)NC(=O)[C@H](c1ccc(C)o1)N(Cc1ccccc1F)C(=O)c1snc(C(N)=O)c1N. The Labute approximate surface area is 206 Å². The van der Waals surface area contributed by atoms with Crippen LogP contribution in [0.25, 0.3) is 0 Å². The van der Waals surface area contributed by atoms with E-state index in [1.54, 1.807) is 25.1 Å². The summed E-state index contributed by atoms with van der Waals surface area (Å²) in [6, 6.07) is 7.91. The molecule has 0 unspecified atom stereocenters. The molecule has 0 spiro atoms. The number of nitrogen functional groups attached to an aromatic ring is 1. The zero-order chi connectivity index (χ0) is 25.9. The molecule has 3 aromatic rings. The van der Waals surface area contributed by atoms with Gasteiger partial charge in [-0.05, 0) is 56.9 Å². The van der Waals surface area contributed by atoms with E-state index in [-0.39, 0.29) is 34.1 Å². The summed E-state index contributed by atoms with van der Waals surface area (Å²) in [5, 5.41) is 2.93. The molecule has 35 heavy (non-hydrogen) atoms. The summed E-state index contributed by atoms with van der Waals surface area (Å²) in [7, 11) is 0. The second-order valence-electron chi connectivity index (χ2n) is 8.74. The molecule has 0 saturated carbocycles. The minimum absolute atomic E-state index is 0.0917. The Bertz CT molecular complexity index is 1250. The number of aromatic nitrogens is 1. The lowest BCUT2D eigenvalue weighted by molar-refractivity contribution is -0.128. The van der Waals surface area contributed by atoms with Gasteiger partial charge in [-0.1, -0.05) is 25.1 Å². The minimum atomic E-state index is -1.26. The molecule has 0 saturated heterocycles. The fraction of sp³-hybridized carbons (Fsp3) is 0.333. The number of rotatable bonds is 9. The van der Waals surface area contributed by atoms with E-state index in [0.29, 0.717) is 23.7 Å². The van der Waals surface area contributed by atoms with Crippen molar-refractivity contribution < 1.29 is 23.2 Å². The van der Waals surface area contributed by atoms with E-state index in [1.165, 1.54) is 18.2 Å². The molecule has 0 aliphatic carbocycles. The fourth-order valence-electron chi connectivity index (χ4n) is 3.37. The molecule has 0 fully saturated rings. The van der Waals surface area contributed by atoms with Gasteiger partial charge < -0.3 is 26.1 Å². The third-order valence-corrected chi connectivity index (χ3v) is 6.50. The highest BCUT2D eigenvalue weighted by atomic mass is 32.1. The number of hydrogen-bond donors (Lipinski definition) is 3. The van der Waals surface area contributed by atoms with Crippen molar-refractivity contribution in [2.75, 3.05) is 5.73 Å². The first kappa shape index (κ1) is 25.9. The number of halogens is 1. The van der Waals surface area contributed by atoms with Crippen LogP contribution < -0.4 is 16.8 Å². The Kier molecular flexibility index (Phi) is 7.59. The van der Waals surface area contributed by atoms with Crippen LogP contribution in [0.2, 0.25) is 0 Å². The van der Waals surface area contributed by atoms with Gasteiger partial charge in [0.25, 0.3) is 17.7 Å². The van der Waals surface area contributed by atoms with E-state index in [1.807, 2.05) is 20.8 Å². The van der Waals surface area contributed by atoms with Gasteiger partial charge in [-0.2, -0.15) is 4.37 Å². The summed E-state index contributed by atoms with van der Waals surface area (Å²) in [6.07, 6.45) is 0.619. The first-order valence-corrected chi connectivity index (χ1v) is 11.7. The number of aryl methyl sites for hydroxylation is 1. The fourth-order valence-corrected chi connectivity index (χ4v) is 4.13. The van der Waals surface area contributed by atoms with Gasteiger partial charge >= 0.3 is 0 Å². The van der Waals surface area contributed by atoms with Crippen molar-refractivity contribution in [3.8, 4) is 0 Å². The lowest BCUT2D eigenvalue weighted by atomic mass is 10.0. The predicted molar refractivity (Wildman–Crippen MR) is 130 cm³/mol. The molecule has 3 rings (SSSR count). The van der Waals surface area contributed by atoms with E-state index in [9.17, 15) is 18.8 Å². The van der Waals surface area contributed by atoms with Crippen LogP contribution in [0.5, 0.6) is 0 Å². The molecule has 0 radical (unpaired) electrons. The Morgan fingerprint density at radius 1 is 1.23 bits per heavy atom. The van der Waals surface area contributed by atoms with Crippen LogP contribution in [0, 0.1) is 12.7 Å². The van der Waals surface area contributed by atoms with Crippen LogP contribution in [0.1, 0.15) is 70.5 Å². The average Bonchev–Trinajstić information content (AvgIpc) is 3.39. The van der Waals surface area contributed by atoms with Gasteiger partial charge in [0.15, 0.2) is 11.7 Å². The molecule has 2 aromatic heterocycles. The smallest absolute Gasteiger partial charge is 0.270 e. The molecular weight excluding hydrogens is 473 g/mol. The first-order valence-electron chi connectivity index (χ1n) is 10.9. The number of carbonyl (C=O) groups excluding carboxylic acids is 3. The maximum Gasteiger partial charge on any atom is 0.270 e. The number of carbonyl (C=O) groups is 3. The van der Waals surface area contributed by atoms with E-state index in [0.717, 1.165) is 4.90 Å². The van der Waals surface area contributed by atoms with Gasteiger partial charge in [-0.15, -0.1) is 0 Å². The van der Waals surface area contributed by atoms with Crippen LogP contribution in [0.3, 0.4) is 0 Å². The second-order valence-corrected chi connectivity index (χ2v) is 9.51. The van der Waals surface area contributed by atoms with Gasteiger partial charge in [0.05, 0.1) is 12.2 Å².